The Labute approximate surface area is 696 Å². The number of aliphatic hydroxyl groups excluding tert-OH is 3. The number of halogens is 6. The summed E-state index contributed by atoms with van der Waals surface area (Å²) in [6.45, 7) is 28.8. The van der Waals surface area contributed by atoms with Crippen LogP contribution in [0.2, 0.25) is 0 Å². The molecule has 12 rings (SSSR count). The zero-order valence-electron chi connectivity index (χ0n) is 65.1. The van der Waals surface area contributed by atoms with E-state index in [2.05, 4.69) is 82.0 Å². The Morgan fingerprint density at radius 2 is 0.886 bits per heavy atom. The predicted octanol–water partition coefficient (Wildman–Crippen LogP) is 11.2. The number of hydrogen-bond acceptors (Lipinski definition) is 26. The average Bonchev–Trinajstić information content (AvgIpc) is 1.65. The first kappa shape index (κ1) is 96.9. The third-order valence-electron chi connectivity index (χ3n) is 16.5. The molecule has 8 heterocycles. The summed E-state index contributed by atoms with van der Waals surface area (Å²) in [7, 11) is 1.00. The Morgan fingerprint density at radius 1 is 0.526 bits per heavy atom. The highest BCUT2D eigenvalue weighted by Gasteiger charge is 2.37. The molecule has 4 atom stereocenters. The molecule has 38 heteroatoms. The smallest absolute Gasteiger partial charge is 0.410 e. The van der Waals surface area contributed by atoms with Crippen molar-refractivity contribution in [1.82, 2.24) is 40.0 Å². The van der Waals surface area contributed by atoms with Gasteiger partial charge in [0.05, 0.1) is 32.8 Å². The number of rotatable bonds is 7. The number of hydrogen-bond donors (Lipinski definition) is 9. The van der Waals surface area contributed by atoms with Crippen LogP contribution >= 0.6 is 87.1 Å². The van der Waals surface area contributed by atoms with E-state index in [1.165, 1.54) is 132 Å². The number of benzene rings is 4. The van der Waals surface area contributed by atoms with Gasteiger partial charge in [0.15, 0.2) is 15.5 Å². The van der Waals surface area contributed by atoms with Gasteiger partial charge in [-0.15, -0.1) is 24.2 Å². The fourth-order valence-electron chi connectivity index (χ4n) is 11.1. The molecular weight excluding hydrogens is 1670 g/mol. The number of amides is 6. The summed E-state index contributed by atoms with van der Waals surface area (Å²) in [4.78, 5) is 101. The van der Waals surface area contributed by atoms with E-state index in [9.17, 15) is 66.8 Å². The number of β-amino-alcohol motifs (C(OH)–C–C–N with tert-alkyl or cyclic N) is 1. The predicted molar refractivity (Wildman–Crippen MR) is 452 cm³/mol. The third kappa shape index (κ3) is 30.4. The first-order valence-corrected chi connectivity index (χ1v) is 41.3. The van der Waals surface area contributed by atoms with Crippen LogP contribution in [0.1, 0.15) is 91.5 Å². The van der Waals surface area contributed by atoms with E-state index in [0.29, 0.717) is 77.1 Å². The van der Waals surface area contributed by atoms with Gasteiger partial charge in [0, 0.05) is 144 Å². The van der Waals surface area contributed by atoms with Crippen LogP contribution in [-0.4, -0.2) is 273 Å². The van der Waals surface area contributed by atoms with Crippen LogP contribution in [0.4, 0.5) is 27.2 Å². The van der Waals surface area contributed by atoms with Gasteiger partial charge in [0.25, 0.3) is 23.6 Å². The number of piperazine rings is 4. The van der Waals surface area contributed by atoms with Crippen molar-refractivity contribution in [3.05, 3.63) is 138 Å². The minimum absolute atomic E-state index is 0. The number of aromatic hydroxyl groups is 4. The number of carbonyl (C=O) groups excluding carboxylic acids is 6. The summed E-state index contributed by atoms with van der Waals surface area (Å²) in [6, 6.07) is 15.1. The van der Waals surface area contributed by atoms with Crippen molar-refractivity contribution in [1.29, 1.82) is 0 Å². The SMILES string of the molecule is CO.CSC1=NC(=O)/C(=C/c2cc(F)ccc2O)S1.C[C@@H]1CN(C(=O)OC(C)(C)C)CCN1.C[C@@H]1CN(C(=O)OC(C)(C)C)CCN1C1=NC(=O)/C(=C/c2cc(F)ccc2O)S1.C[C@@H]1CN(CCO)CCN1C1=NC(=O)/C(=C/c2cc(F)ccc2O)S1.C[C@@H]1CNCCN1C1=NC(=O)/C(=C/c2cc(F)ccc2O)S1.Cl.OCCBr. The largest absolute Gasteiger partial charge is 0.507 e. The van der Waals surface area contributed by atoms with Crippen molar-refractivity contribution >= 4 is 167 Å². The first-order chi connectivity index (χ1) is 53.4. The van der Waals surface area contributed by atoms with Crippen LogP contribution in [0, 0.1) is 23.3 Å². The summed E-state index contributed by atoms with van der Waals surface area (Å²) in [5, 5.41) is 71.9. The Balaban J connectivity index is 0.000000254. The topological polar surface area (TPSA) is 355 Å². The number of aliphatic hydroxyl groups is 3. The van der Waals surface area contributed by atoms with E-state index >= 15 is 0 Å². The average molecular weight is 1770 g/mol. The molecule has 114 heavy (non-hydrogen) atoms. The number of nitrogens with one attached hydrogen (secondary N) is 2. The first-order valence-electron chi connectivity index (χ1n) is 35.7. The van der Waals surface area contributed by atoms with E-state index < -0.39 is 40.4 Å². The van der Waals surface area contributed by atoms with Gasteiger partial charge in [-0.05, 0) is 208 Å². The van der Waals surface area contributed by atoms with Crippen molar-refractivity contribution in [3.63, 3.8) is 0 Å². The summed E-state index contributed by atoms with van der Waals surface area (Å²) in [6.07, 6.45) is 7.08. The van der Waals surface area contributed by atoms with Gasteiger partial charge in [-0.2, -0.15) is 20.0 Å². The summed E-state index contributed by atoms with van der Waals surface area (Å²) >= 11 is 9.27. The highest BCUT2D eigenvalue weighted by atomic mass is 79.9. The molecule has 4 saturated heterocycles. The van der Waals surface area contributed by atoms with Crippen molar-refractivity contribution in [2.24, 2.45) is 20.0 Å². The molecule has 4 aromatic carbocycles. The lowest BCUT2D eigenvalue weighted by atomic mass is 10.2. The second-order valence-electron chi connectivity index (χ2n) is 27.7. The Bertz CT molecular complexity index is 4300. The quantitative estimate of drug-likeness (QED) is 0.0471. The van der Waals surface area contributed by atoms with Gasteiger partial charge in [0.1, 0.15) is 61.8 Å². The Morgan fingerprint density at radius 3 is 1.22 bits per heavy atom. The molecule has 0 aromatic heterocycles. The van der Waals surface area contributed by atoms with E-state index in [0.717, 1.165) is 90.3 Å². The number of phenolic OH excluding ortho intramolecular Hbond substituents is 4. The number of alkyl halides is 1. The number of thioether (sulfide) groups is 5. The molecule has 8 aliphatic rings. The van der Waals surface area contributed by atoms with E-state index in [4.69, 9.17) is 24.8 Å². The van der Waals surface area contributed by atoms with Crippen molar-refractivity contribution in [3.8, 4) is 23.0 Å². The van der Waals surface area contributed by atoms with E-state index in [1.54, 1.807) is 9.80 Å². The second-order valence-corrected chi connectivity index (χ2v) is 33.6. The Hall–Kier alpha value is -7.66. The number of ether oxygens (including phenoxy) is 2. The van der Waals surface area contributed by atoms with Crippen molar-refractivity contribution < 1.29 is 91.5 Å². The van der Waals surface area contributed by atoms with Crippen LogP contribution in [0.25, 0.3) is 24.3 Å². The third-order valence-corrected chi connectivity index (χ3v) is 21.8. The highest BCUT2D eigenvalue weighted by Crippen LogP contribution is 2.38. The van der Waals surface area contributed by atoms with Crippen molar-refractivity contribution in [2.45, 2.75) is 105 Å². The molecule has 0 aliphatic carbocycles. The number of aliphatic imine (C=N–C) groups is 4. The monoisotopic (exact) mass is 1770 g/mol. The molecule has 0 unspecified atom stereocenters. The van der Waals surface area contributed by atoms with E-state index in [-0.39, 0.29) is 119 Å². The maximum atomic E-state index is 13.4. The van der Waals surface area contributed by atoms with Crippen LogP contribution in [0.3, 0.4) is 0 Å². The lowest BCUT2D eigenvalue weighted by molar-refractivity contribution is -0.114. The maximum Gasteiger partial charge on any atom is 0.410 e. The van der Waals surface area contributed by atoms with Gasteiger partial charge in [-0.25, -0.2) is 27.2 Å². The second kappa shape index (κ2) is 46.3. The van der Waals surface area contributed by atoms with Crippen LogP contribution in [0.5, 0.6) is 23.0 Å². The minimum atomic E-state index is -0.558. The molecule has 9 N–H and O–H groups in total. The molecule has 8 aliphatic heterocycles. The van der Waals surface area contributed by atoms with E-state index in [1.807, 2.05) is 59.6 Å². The van der Waals surface area contributed by atoms with Crippen molar-refractivity contribution in [2.75, 3.05) is 117 Å². The van der Waals surface area contributed by atoms with Gasteiger partial charge in [-0.3, -0.25) is 24.1 Å². The number of amidine groups is 3. The summed E-state index contributed by atoms with van der Waals surface area (Å²) in [5.74, 6) is -3.75. The zero-order valence-corrected chi connectivity index (χ0v) is 71.6. The molecule has 0 spiro atoms. The summed E-state index contributed by atoms with van der Waals surface area (Å²) < 4.78 is 64.4. The van der Waals surface area contributed by atoms with Gasteiger partial charge >= 0.3 is 12.2 Å². The standard InChI is InChI=1S/C20H24FN3O4S.C17H20FN3O3S.C15H16FN3O2S.C11H8FNO2S2.C10H20N2O2.C2H5BrO.CH4O.ClH/c1-12-11-23(19(27)28-20(2,3)4)7-8-24(12)18-22-17(26)16(29-18)10-13-9-14(21)5-6-15(13)25;1-11-10-20(6-7-22)4-5-21(11)17-19-16(24)15(25-17)9-12-8-13(18)2-3-14(12)23;1-9-8-17-4-5-19(9)15-18-14(21)13(22-15)7-10-6-11(16)2-3-12(10)20;1-16-11-13-10(15)9(17-11)5-6-4-7(12)2-3-8(6)14;1-8-7-12(6-5-11-8)9(13)14-10(2,3)4;3-1-2-4;1-2;/h5-6,9-10,12,25H,7-8,11H2,1-4H3;2-3,8-9,11,22-23H,4-7,10H2,1H3;2-3,6-7,9,17,20H,4-5,8H2,1H3;2-5,14H,1H3;8,11H,5-7H2,1-4H3;4H,1-2H2;2H,1H3;1H/b16-10-;15-9-;13-7-;9-5-;;;;/t12-;11-;9-;;8-;;;/m111.1.../s1. The van der Waals surface area contributed by atoms with Gasteiger partial charge in [0.2, 0.25) is 0 Å². The molecule has 0 bridgehead atoms. The lowest BCUT2D eigenvalue weighted by Crippen LogP contribution is -2.55. The Kier molecular flexibility index (Phi) is 39.4. The van der Waals surface area contributed by atoms with Gasteiger partial charge in [-0.1, -0.05) is 27.7 Å². The zero-order chi connectivity index (χ0) is 83.6. The fourth-order valence-corrected chi connectivity index (χ4v) is 15.6. The molecule has 6 amide bonds. The summed E-state index contributed by atoms with van der Waals surface area (Å²) in [5.41, 5.74) is 0.0788. The van der Waals surface area contributed by atoms with Gasteiger partial charge < -0.3 is 80.4 Å². The molecule has 0 radical (unpaired) electrons. The molecule has 4 fully saturated rings. The molecule has 4 aromatic rings. The maximum absolute atomic E-state index is 13.4. The molecule has 0 saturated carbocycles. The molecular formula is C76H98BrClF4N12O15S5. The van der Waals surface area contributed by atoms with Crippen LogP contribution in [0.15, 0.2) is 112 Å². The van der Waals surface area contributed by atoms with Crippen LogP contribution in [-0.2, 0) is 28.7 Å². The van der Waals surface area contributed by atoms with Crippen LogP contribution < -0.4 is 10.6 Å². The number of carbonyl (C=O) groups is 6. The number of phenols is 4. The molecule has 624 valence electrons. The fraction of sp³-hybridized carbons (Fsp3) is 0.447. The molecule has 27 nitrogen and oxygen atoms in total. The highest BCUT2D eigenvalue weighted by molar-refractivity contribution is 9.09. The lowest BCUT2D eigenvalue weighted by Gasteiger charge is -2.40. The minimum Gasteiger partial charge on any atom is -0.507 e. The normalized spacial score (nSPS) is 21.1. The number of nitrogens with zero attached hydrogens (tertiary/aromatic N) is 10.